The van der Waals surface area contributed by atoms with Crippen molar-refractivity contribution in [1.29, 1.82) is 0 Å². The lowest BCUT2D eigenvalue weighted by Gasteiger charge is -2.24. The Labute approximate surface area is 172 Å². The van der Waals surface area contributed by atoms with Crippen molar-refractivity contribution in [1.82, 2.24) is 0 Å². The molecule has 0 saturated carbocycles. The minimum atomic E-state index is -1.13. The van der Waals surface area contributed by atoms with Crippen LogP contribution in [-0.2, 0) is 9.53 Å². The zero-order valence-electron chi connectivity index (χ0n) is 17.5. The number of unbranched alkanes of at least 4 members (excludes halogenated alkanes) is 5. The van der Waals surface area contributed by atoms with E-state index in [1.54, 1.807) is 38.1 Å². The molecule has 0 aliphatic heterocycles. The number of halogens is 2. The van der Waals surface area contributed by atoms with Crippen molar-refractivity contribution in [2.75, 3.05) is 6.61 Å². The lowest BCUT2D eigenvalue weighted by molar-refractivity contribution is -0.159. The van der Waals surface area contributed by atoms with Crippen molar-refractivity contribution in [3.05, 3.63) is 54.1 Å². The third-order valence-electron chi connectivity index (χ3n) is 4.69. The van der Waals surface area contributed by atoms with Crippen molar-refractivity contribution >= 4 is 5.97 Å². The Morgan fingerprint density at radius 2 is 1.59 bits per heavy atom. The molecule has 0 N–H and O–H groups in total. The van der Waals surface area contributed by atoms with E-state index in [1.807, 2.05) is 0 Å². The van der Waals surface area contributed by atoms with Gasteiger partial charge in [-0.3, -0.25) is 0 Å². The molecule has 158 valence electrons. The van der Waals surface area contributed by atoms with E-state index < -0.39 is 23.2 Å². The molecule has 0 spiro atoms. The van der Waals surface area contributed by atoms with E-state index in [0.29, 0.717) is 23.5 Å². The lowest BCUT2D eigenvalue weighted by atomic mass is 10.0. The Hall–Kier alpha value is -2.43. The number of esters is 1. The zero-order chi connectivity index (χ0) is 21.3. The van der Waals surface area contributed by atoms with E-state index >= 15 is 0 Å². The Kier molecular flexibility index (Phi) is 8.62. The number of carbonyl (C=O) groups excluding carboxylic acids is 1. The highest BCUT2D eigenvalue weighted by molar-refractivity contribution is 5.79. The smallest absolute Gasteiger partial charge is 0.349 e. The Morgan fingerprint density at radius 1 is 0.931 bits per heavy atom. The molecule has 29 heavy (non-hydrogen) atoms. The lowest BCUT2D eigenvalue weighted by Crippen LogP contribution is -2.39. The van der Waals surface area contributed by atoms with Crippen LogP contribution in [0.1, 0.15) is 59.3 Å². The quantitative estimate of drug-likeness (QED) is 0.309. The van der Waals surface area contributed by atoms with E-state index in [0.717, 1.165) is 25.3 Å². The summed E-state index contributed by atoms with van der Waals surface area (Å²) in [5.41, 5.74) is -0.237. The number of hydrogen-bond acceptors (Lipinski definition) is 3. The fourth-order valence-corrected chi connectivity index (χ4v) is 2.98. The average molecular weight is 404 g/mol. The van der Waals surface area contributed by atoms with Crippen LogP contribution >= 0.6 is 0 Å². The highest BCUT2D eigenvalue weighted by atomic mass is 19.1. The second-order valence-corrected chi connectivity index (χ2v) is 7.66. The van der Waals surface area contributed by atoms with Crippen LogP contribution in [0.2, 0.25) is 0 Å². The second kappa shape index (κ2) is 10.9. The van der Waals surface area contributed by atoms with Crippen LogP contribution in [0.3, 0.4) is 0 Å². The molecule has 0 bridgehead atoms. The van der Waals surface area contributed by atoms with Gasteiger partial charge >= 0.3 is 5.97 Å². The molecular formula is C24H30F2O3. The summed E-state index contributed by atoms with van der Waals surface area (Å²) in [7, 11) is 0. The molecule has 0 saturated heterocycles. The van der Waals surface area contributed by atoms with Gasteiger partial charge in [-0.15, -0.1) is 0 Å². The van der Waals surface area contributed by atoms with Gasteiger partial charge in [0.25, 0.3) is 0 Å². The maximum absolute atomic E-state index is 13.9. The van der Waals surface area contributed by atoms with E-state index in [4.69, 9.17) is 9.47 Å². The number of carbonyl (C=O) groups is 1. The highest BCUT2D eigenvalue weighted by Gasteiger charge is 2.31. The van der Waals surface area contributed by atoms with Gasteiger partial charge in [-0.2, -0.15) is 0 Å². The summed E-state index contributed by atoms with van der Waals surface area (Å²) >= 11 is 0. The van der Waals surface area contributed by atoms with Gasteiger partial charge in [-0.25, -0.2) is 13.6 Å². The summed E-state index contributed by atoms with van der Waals surface area (Å²) in [5.74, 6) is -1.19. The van der Waals surface area contributed by atoms with Crippen molar-refractivity contribution < 1.29 is 23.0 Å². The van der Waals surface area contributed by atoms with E-state index in [1.165, 1.54) is 31.4 Å². The number of benzene rings is 2. The molecule has 2 rings (SSSR count). The Bertz CT molecular complexity index is 785. The third-order valence-corrected chi connectivity index (χ3v) is 4.69. The monoisotopic (exact) mass is 404 g/mol. The highest BCUT2D eigenvalue weighted by Crippen LogP contribution is 2.27. The van der Waals surface area contributed by atoms with Crippen LogP contribution in [0.15, 0.2) is 42.5 Å². The van der Waals surface area contributed by atoms with Gasteiger partial charge in [0.15, 0.2) is 5.60 Å². The number of rotatable bonds is 11. The van der Waals surface area contributed by atoms with E-state index in [9.17, 15) is 13.6 Å². The first-order chi connectivity index (χ1) is 13.8. The Balaban J connectivity index is 1.86. The first-order valence-electron chi connectivity index (χ1n) is 10.2. The molecule has 0 unspecified atom stereocenters. The Morgan fingerprint density at radius 3 is 2.24 bits per heavy atom. The standard InChI is InChI=1S/C24H30F2O3/c1-4-5-6-7-8-9-16-28-23(27)24(2,3)29-20-13-10-18(11-14-20)21-15-12-19(25)17-22(21)26/h10-15,17H,4-9,16H2,1-3H3. The summed E-state index contributed by atoms with van der Waals surface area (Å²) in [5, 5.41) is 0. The van der Waals surface area contributed by atoms with Gasteiger partial charge in [0, 0.05) is 11.6 Å². The van der Waals surface area contributed by atoms with Gasteiger partial charge in [0.2, 0.25) is 0 Å². The predicted octanol–water partition coefficient (Wildman–Crippen LogP) is 6.69. The summed E-state index contributed by atoms with van der Waals surface area (Å²) in [6.45, 7) is 5.88. The molecule has 0 atom stereocenters. The molecule has 0 radical (unpaired) electrons. The summed E-state index contributed by atoms with van der Waals surface area (Å²) in [4.78, 5) is 12.3. The maximum Gasteiger partial charge on any atom is 0.349 e. The number of ether oxygens (including phenoxy) is 2. The molecule has 0 fully saturated rings. The van der Waals surface area contributed by atoms with Crippen molar-refractivity contribution in [3.63, 3.8) is 0 Å². The van der Waals surface area contributed by atoms with Crippen molar-refractivity contribution in [2.24, 2.45) is 0 Å². The molecule has 0 aliphatic rings. The average Bonchev–Trinajstić information content (AvgIpc) is 2.67. The normalized spacial score (nSPS) is 11.3. The largest absolute Gasteiger partial charge is 0.476 e. The first kappa shape index (κ1) is 22.9. The van der Waals surface area contributed by atoms with Gasteiger partial charge in [0.1, 0.15) is 17.4 Å². The molecule has 3 nitrogen and oxygen atoms in total. The molecule has 0 heterocycles. The maximum atomic E-state index is 13.9. The zero-order valence-corrected chi connectivity index (χ0v) is 17.5. The van der Waals surface area contributed by atoms with Crippen LogP contribution in [0.25, 0.3) is 11.1 Å². The molecule has 0 aliphatic carbocycles. The van der Waals surface area contributed by atoms with Gasteiger partial charge in [-0.05, 0) is 50.1 Å². The van der Waals surface area contributed by atoms with Crippen LogP contribution in [0.5, 0.6) is 5.75 Å². The fourth-order valence-electron chi connectivity index (χ4n) is 2.98. The second-order valence-electron chi connectivity index (χ2n) is 7.66. The van der Waals surface area contributed by atoms with Gasteiger partial charge < -0.3 is 9.47 Å². The summed E-state index contributed by atoms with van der Waals surface area (Å²) in [6, 6.07) is 10.1. The van der Waals surface area contributed by atoms with Crippen molar-refractivity contribution in [2.45, 2.75) is 64.9 Å². The van der Waals surface area contributed by atoms with E-state index in [-0.39, 0.29) is 0 Å². The van der Waals surface area contributed by atoms with Crippen LogP contribution < -0.4 is 4.74 Å². The number of hydrogen-bond donors (Lipinski definition) is 0. The predicted molar refractivity (Wildman–Crippen MR) is 111 cm³/mol. The molecule has 2 aromatic rings. The van der Waals surface area contributed by atoms with Crippen LogP contribution in [0, 0.1) is 11.6 Å². The third kappa shape index (κ3) is 7.15. The fraction of sp³-hybridized carbons (Fsp3) is 0.458. The summed E-state index contributed by atoms with van der Waals surface area (Å²) < 4.78 is 38.1. The van der Waals surface area contributed by atoms with Gasteiger partial charge in [-0.1, -0.05) is 51.2 Å². The summed E-state index contributed by atoms with van der Waals surface area (Å²) in [6.07, 6.45) is 6.73. The molecular weight excluding hydrogens is 374 g/mol. The van der Waals surface area contributed by atoms with Crippen molar-refractivity contribution in [3.8, 4) is 16.9 Å². The molecule has 5 heteroatoms. The topological polar surface area (TPSA) is 35.5 Å². The van der Waals surface area contributed by atoms with E-state index in [2.05, 4.69) is 6.92 Å². The minimum Gasteiger partial charge on any atom is -0.476 e. The van der Waals surface area contributed by atoms with Gasteiger partial charge in [0.05, 0.1) is 6.61 Å². The van der Waals surface area contributed by atoms with Crippen LogP contribution in [-0.4, -0.2) is 18.2 Å². The molecule has 2 aromatic carbocycles. The SMILES string of the molecule is CCCCCCCCOC(=O)C(C)(C)Oc1ccc(-c2ccc(F)cc2F)cc1. The first-order valence-corrected chi connectivity index (χ1v) is 10.2. The molecule has 0 aromatic heterocycles. The minimum absolute atomic E-state index is 0.301. The van der Waals surface area contributed by atoms with Crippen LogP contribution in [0.4, 0.5) is 8.78 Å². The molecule has 0 amide bonds.